The van der Waals surface area contributed by atoms with Crippen LogP contribution >= 0.6 is 0 Å². The molecule has 0 bridgehead atoms. The van der Waals surface area contributed by atoms with E-state index in [0.717, 1.165) is 6.20 Å². The zero-order valence-electron chi connectivity index (χ0n) is 8.93. The standard InChI is InChI=1S/C13H10FNO2/c14-10-4-5-12(15-8-10)13(17)7-9-2-1-3-11(16)6-9/h1-6,8,16H,7H2. The zero-order chi connectivity index (χ0) is 12.3. The highest BCUT2D eigenvalue weighted by atomic mass is 19.1. The Bertz CT molecular complexity index is 537. The fraction of sp³-hybridized carbons (Fsp3) is 0.0769. The molecule has 0 aliphatic rings. The van der Waals surface area contributed by atoms with Crippen LogP contribution in [0, 0.1) is 5.82 Å². The van der Waals surface area contributed by atoms with Crippen LogP contribution in [0.5, 0.6) is 5.75 Å². The molecule has 2 aromatic rings. The molecule has 0 amide bonds. The molecule has 0 spiro atoms. The minimum atomic E-state index is -0.473. The molecule has 17 heavy (non-hydrogen) atoms. The number of Topliss-reactive ketones (excluding diaryl/α,β-unsaturated/α-hetero) is 1. The van der Waals surface area contributed by atoms with E-state index in [4.69, 9.17) is 0 Å². The second kappa shape index (κ2) is 4.74. The van der Waals surface area contributed by atoms with E-state index in [1.54, 1.807) is 12.1 Å². The second-order valence-electron chi connectivity index (χ2n) is 3.63. The molecular weight excluding hydrogens is 221 g/mol. The van der Waals surface area contributed by atoms with Crippen LogP contribution in [0.15, 0.2) is 42.6 Å². The minimum Gasteiger partial charge on any atom is -0.508 e. The van der Waals surface area contributed by atoms with Crippen molar-refractivity contribution in [3.63, 3.8) is 0 Å². The number of benzene rings is 1. The maximum Gasteiger partial charge on any atom is 0.185 e. The molecule has 0 atom stereocenters. The predicted octanol–water partition coefficient (Wildman–Crippen LogP) is 2.35. The van der Waals surface area contributed by atoms with Crippen LogP contribution in [0.2, 0.25) is 0 Å². The van der Waals surface area contributed by atoms with Gasteiger partial charge in [-0.05, 0) is 29.8 Å². The van der Waals surface area contributed by atoms with Crippen molar-refractivity contribution in [2.75, 3.05) is 0 Å². The lowest BCUT2D eigenvalue weighted by molar-refractivity contribution is 0.0988. The van der Waals surface area contributed by atoms with Crippen LogP contribution in [0.4, 0.5) is 4.39 Å². The summed E-state index contributed by atoms with van der Waals surface area (Å²) in [7, 11) is 0. The SMILES string of the molecule is O=C(Cc1cccc(O)c1)c1ccc(F)cn1. The quantitative estimate of drug-likeness (QED) is 0.825. The summed E-state index contributed by atoms with van der Waals surface area (Å²) in [6.45, 7) is 0. The van der Waals surface area contributed by atoms with Gasteiger partial charge in [0.2, 0.25) is 0 Å². The Labute approximate surface area is 97.6 Å². The highest BCUT2D eigenvalue weighted by molar-refractivity contribution is 5.95. The van der Waals surface area contributed by atoms with Gasteiger partial charge in [-0.25, -0.2) is 4.39 Å². The fourth-order valence-corrected chi connectivity index (χ4v) is 1.48. The van der Waals surface area contributed by atoms with Gasteiger partial charge in [0.15, 0.2) is 5.78 Å². The first-order chi connectivity index (χ1) is 8.15. The summed E-state index contributed by atoms with van der Waals surface area (Å²) in [5.41, 5.74) is 0.913. The number of hydrogen-bond acceptors (Lipinski definition) is 3. The number of phenolic OH excluding ortho intramolecular Hbond substituents is 1. The minimum absolute atomic E-state index is 0.113. The van der Waals surface area contributed by atoms with Crippen molar-refractivity contribution in [3.8, 4) is 5.75 Å². The van der Waals surface area contributed by atoms with E-state index in [0.29, 0.717) is 5.56 Å². The number of rotatable bonds is 3. The van der Waals surface area contributed by atoms with Crippen LogP contribution in [-0.2, 0) is 6.42 Å². The molecule has 1 N–H and O–H groups in total. The van der Waals surface area contributed by atoms with Gasteiger partial charge in [-0.3, -0.25) is 9.78 Å². The number of ketones is 1. The van der Waals surface area contributed by atoms with E-state index >= 15 is 0 Å². The van der Waals surface area contributed by atoms with Crippen molar-refractivity contribution in [2.45, 2.75) is 6.42 Å². The van der Waals surface area contributed by atoms with E-state index in [1.807, 2.05) is 0 Å². The largest absolute Gasteiger partial charge is 0.508 e. The van der Waals surface area contributed by atoms with Gasteiger partial charge >= 0.3 is 0 Å². The molecule has 0 aliphatic heterocycles. The number of hydrogen-bond donors (Lipinski definition) is 1. The van der Waals surface area contributed by atoms with Gasteiger partial charge in [0, 0.05) is 6.42 Å². The van der Waals surface area contributed by atoms with Gasteiger partial charge in [0.05, 0.1) is 6.20 Å². The van der Waals surface area contributed by atoms with Gasteiger partial charge in [0.25, 0.3) is 0 Å². The molecule has 0 aliphatic carbocycles. The van der Waals surface area contributed by atoms with Crippen LogP contribution in [-0.4, -0.2) is 15.9 Å². The van der Waals surface area contributed by atoms with Crippen LogP contribution < -0.4 is 0 Å². The van der Waals surface area contributed by atoms with Crippen molar-refractivity contribution in [3.05, 3.63) is 59.7 Å². The maximum absolute atomic E-state index is 12.6. The lowest BCUT2D eigenvalue weighted by Gasteiger charge is -2.01. The Morgan fingerprint density at radius 2 is 2.12 bits per heavy atom. The van der Waals surface area contributed by atoms with E-state index in [-0.39, 0.29) is 23.6 Å². The maximum atomic E-state index is 12.6. The Hall–Kier alpha value is -2.23. The lowest BCUT2D eigenvalue weighted by Crippen LogP contribution is -2.05. The molecule has 0 fully saturated rings. The van der Waals surface area contributed by atoms with Crippen molar-refractivity contribution >= 4 is 5.78 Å². The van der Waals surface area contributed by atoms with E-state index < -0.39 is 5.82 Å². The number of pyridine rings is 1. The molecule has 3 nitrogen and oxygen atoms in total. The van der Waals surface area contributed by atoms with Crippen molar-refractivity contribution in [1.82, 2.24) is 4.98 Å². The van der Waals surface area contributed by atoms with Crippen molar-refractivity contribution in [1.29, 1.82) is 0 Å². The Balaban J connectivity index is 2.14. The van der Waals surface area contributed by atoms with Crippen molar-refractivity contribution in [2.24, 2.45) is 0 Å². The summed E-state index contributed by atoms with van der Waals surface area (Å²) in [5, 5.41) is 9.26. The lowest BCUT2D eigenvalue weighted by atomic mass is 10.1. The number of carbonyl (C=O) groups excluding carboxylic acids is 1. The van der Waals surface area contributed by atoms with Gasteiger partial charge in [-0.15, -0.1) is 0 Å². The molecule has 0 unspecified atom stereocenters. The Morgan fingerprint density at radius 3 is 2.76 bits per heavy atom. The smallest absolute Gasteiger partial charge is 0.185 e. The number of aromatic nitrogens is 1. The number of carbonyl (C=O) groups is 1. The summed E-state index contributed by atoms with van der Waals surface area (Å²) >= 11 is 0. The van der Waals surface area contributed by atoms with Crippen LogP contribution in [0.3, 0.4) is 0 Å². The summed E-state index contributed by atoms with van der Waals surface area (Å²) in [5.74, 6) is -0.572. The first-order valence-electron chi connectivity index (χ1n) is 5.08. The van der Waals surface area contributed by atoms with E-state index in [2.05, 4.69) is 4.98 Å². The number of phenols is 1. The van der Waals surface area contributed by atoms with Crippen molar-refractivity contribution < 1.29 is 14.3 Å². The van der Waals surface area contributed by atoms with Gasteiger partial charge in [-0.2, -0.15) is 0 Å². The molecule has 86 valence electrons. The van der Waals surface area contributed by atoms with Gasteiger partial charge in [-0.1, -0.05) is 12.1 Å². The van der Waals surface area contributed by atoms with Crippen LogP contribution in [0.25, 0.3) is 0 Å². The number of halogens is 1. The van der Waals surface area contributed by atoms with Crippen LogP contribution in [0.1, 0.15) is 16.1 Å². The summed E-state index contributed by atoms with van der Waals surface area (Å²) in [6, 6.07) is 8.99. The third-order valence-corrected chi connectivity index (χ3v) is 2.29. The molecule has 0 radical (unpaired) electrons. The molecule has 4 heteroatoms. The first-order valence-corrected chi connectivity index (χ1v) is 5.08. The first kappa shape index (κ1) is 11.3. The average Bonchev–Trinajstić information content (AvgIpc) is 2.29. The Kier molecular flexibility index (Phi) is 3.14. The monoisotopic (exact) mass is 231 g/mol. The normalized spacial score (nSPS) is 10.2. The van der Waals surface area contributed by atoms with E-state index in [9.17, 15) is 14.3 Å². The molecule has 1 heterocycles. The second-order valence-corrected chi connectivity index (χ2v) is 3.63. The average molecular weight is 231 g/mol. The van der Waals surface area contributed by atoms with Gasteiger partial charge < -0.3 is 5.11 Å². The zero-order valence-corrected chi connectivity index (χ0v) is 8.93. The molecule has 1 aromatic heterocycles. The summed E-state index contributed by atoms with van der Waals surface area (Å²) in [4.78, 5) is 15.5. The third-order valence-electron chi connectivity index (χ3n) is 2.29. The topological polar surface area (TPSA) is 50.2 Å². The molecule has 0 saturated carbocycles. The third kappa shape index (κ3) is 2.87. The fourth-order valence-electron chi connectivity index (χ4n) is 1.48. The van der Waals surface area contributed by atoms with Gasteiger partial charge in [0.1, 0.15) is 17.3 Å². The predicted molar refractivity (Wildman–Crippen MR) is 60.3 cm³/mol. The highest BCUT2D eigenvalue weighted by Crippen LogP contribution is 2.13. The molecule has 0 saturated heterocycles. The highest BCUT2D eigenvalue weighted by Gasteiger charge is 2.08. The molecule has 1 aromatic carbocycles. The summed E-state index contributed by atoms with van der Waals surface area (Å²) in [6.07, 6.45) is 1.14. The molecule has 2 rings (SSSR count). The number of aromatic hydroxyl groups is 1. The molecular formula is C13H10FNO2. The Morgan fingerprint density at radius 1 is 1.29 bits per heavy atom. The van der Waals surface area contributed by atoms with E-state index in [1.165, 1.54) is 24.3 Å². The summed E-state index contributed by atoms with van der Waals surface area (Å²) < 4.78 is 12.6. The number of nitrogens with zero attached hydrogens (tertiary/aromatic N) is 1.